The zero-order valence-corrected chi connectivity index (χ0v) is 18.9. The Kier molecular flexibility index (Phi) is 3.31. The van der Waals surface area contributed by atoms with Crippen LogP contribution in [0, 0.1) is 0 Å². The van der Waals surface area contributed by atoms with E-state index in [9.17, 15) is 28.4 Å². The lowest BCUT2D eigenvalue weighted by atomic mass is 9.97. The SMILES string of the molecule is C=CC(N)n1c(=O)c2c3n(c1=O)[C@]14O[C@]5(OP(=O)(OC5OOP(=O)(O2)O3)O1)[C@]1(O)OP2(=O)OC41O2. The molecule has 7 atom stereocenters. The van der Waals surface area contributed by atoms with Gasteiger partial charge < -0.3 is 19.9 Å². The number of hydrogen-bond acceptors (Lipinski definition) is 18. The predicted molar refractivity (Wildman–Crippen MR) is 94.4 cm³/mol. The van der Waals surface area contributed by atoms with E-state index in [1.165, 1.54) is 0 Å². The lowest BCUT2D eigenvalue weighted by Gasteiger charge is -2.45. The summed E-state index contributed by atoms with van der Waals surface area (Å²) in [6.45, 7) is 3.39. The molecular weight excluding hydrogens is 551 g/mol. The zero-order chi connectivity index (χ0) is 24.6. The molecule has 4 unspecified atom stereocenters. The molecule has 9 rings (SSSR count). The van der Waals surface area contributed by atoms with Gasteiger partial charge in [0.2, 0.25) is 0 Å². The number of hydrogen-bond donors (Lipinski definition) is 2. The van der Waals surface area contributed by atoms with Crippen molar-refractivity contribution in [3.8, 4) is 11.6 Å². The Labute approximate surface area is 189 Å². The van der Waals surface area contributed by atoms with Gasteiger partial charge in [-0.1, -0.05) is 12.7 Å². The van der Waals surface area contributed by atoms with Gasteiger partial charge in [0.1, 0.15) is 6.17 Å². The predicted octanol–water partition coefficient (Wildman–Crippen LogP) is -1.09. The van der Waals surface area contributed by atoms with Crippen molar-refractivity contribution in [2.75, 3.05) is 0 Å². The number of aromatic nitrogens is 2. The van der Waals surface area contributed by atoms with Crippen LogP contribution in [-0.4, -0.2) is 37.9 Å². The molecule has 1 aromatic heterocycles. The van der Waals surface area contributed by atoms with Crippen LogP contribution >= 0.6 is 23.5 Å². The molecule has 0 aliphatic carbocycles. The van der Waals surface area contributed by atoms with Crippen molar-refractivity contribution in [1.82, 2.24) is 9.13 Å². The molecule has 6 saturated heterocycles. The van der Waals surface area contributed by atoms with E-state index in [1.54, 1.807) is 0 Å². The molecule has 1 aromatic rings. The molecule has 188 valence electrons. The van der Waals surface area contributed by atoms with Crippen LogP contribution in [0.1, 0.15) is 6.17 Å². The average Bonchev–Trinajstić information content (AvgIpc) is 3.39. The molecule has 8 aliphatic rings. The Morgan fingerprint density at radius 1 is 1.06 bits per heavy atom. The van der Waals surface area contributed by atoms with Gasteiger partial charge >= 0.3 is 52.2 Å². The molecule has 0 amide bonds. The molecule has 0 aromatic carbocycles. The van der Waals surface area contributed by atoms with Crippen LogP contribution in [0.15, 0.2) is 22.2 Å². The summed E-state index contributed by atoms with van der Waals surface area (Å²) in [5.41, 5.74) is 3.07. The second-order valence-electron chi connectivity index (χ2n) is 7.85. The number of rotatable bonds is 2. The average molecular weight is 559 g/mol. The molecule has 3 N–H and O–H groups in total. The highest BCUT2D eigenvalue weighted by Gasteiger charge is 3.06. The van der Waals surface area contributed by atoms with E-state index in [0.29, 0.717) is 4.57 Å². The summed E-state index contributed by atoms with van der Waals surface area (Å²) in [6, 6.07) is 0. The summed E-state index contributed by atoms with van der Waals surface area (Å²) >= 11 is 0. The second kappa shape index (κ2) is 5.42. The molecular formula is C12H8N3O17P3. The van der Waals surface area contributed by atoms with Gasteiger partial charge in [-0.25, -0.2) is 50.2 Å². The minimum atomic E-state index is -4.93. The second-order valence-corrected chi connectivity index (χ2v) is 12.2. The van der Waals surface area contributed by atoms with Crippen molar-refractivity contribution in [2.24, 2.45) is 5.73 Å². The van der Waals surface area contributed by atoms with Gasteiger partial charge in [0, 0.05) is 0 Å². The van der Waals surface area contributed by atoms with E-state index in [-0.39, 0.29) is 4.57 Å². The fourth-order valence-electron chi connectivity index (χ4n) is 4.69. The molecule has 2 spiro atoms. The number of fused-ring (bicyclic) bond motifs is 2. The van der Waals surface area contributed by atoms with Crippen molar-refractivity contribution < 1.29 is 69.3 Å². The van der Waals surface area contributed by atoms with E-state index in [0.717, 1.165) is 6.08 Å². The van der Waals surface area contributed by atoms with Gasteiger partial charge in [-0.2, -0.15) is 9.45 Å². The van der Waals surface area contributed by atoms with Crippen molar-refractivity contribution >= 4 is 23.5 Å². The molecule has 8 aliphatic heterocycles. The topological polar surface area (TPSA) is 243 Å². The molecule has 0 radical (unpaired) electrons. The molecule has 6 fully saturated rings. The van der Waals surface area contributed by atoms with Gasteiger partial charge in [0.15, 0.2) is 0 Å². The van der Waals surface area contributed by atoms with E-state index in [2.05, 4.69) is 11.3 Å². The quantitative estimate of drug-likeness (QED) is 0.248. The Hall–Kier alpha value is -1.73. The Morgan fingerprint density at radius 2 is 1.80 bits per heavy atom. The van der Waals surface area contributed by atoms with Gasteiger partial charge in [-0.05, 0) is 0 Å². The highest BCUT2D eigenvalue weighted by molar-refractivity contribution is 7.50. The lowest BCUT2D eigenvalue weighted by molar-refractivity contribution is -0.437. The van der Waals surface area contributed by atoms with Crippen molar-refractivity contribution in [3.05, 3.63) is 33.5 Å². The summed E-state index contributed by atoms with van der Waals surface area (Å²) in [7, 11) is -14.4. The van der Waals surface area contributed by atoms with E-state index >= 15 is 0 Å². The maximum atomic E-state index is 13.7. The lowest BCUT2D eigenvalue weighted by Crippen LogP contribution is -2.69. The van der Waals surface area contributed by atoms with Crippen molar-refractivity contribution in [2.45, 2.75) is 35.7 Å². The first-order chi connectivity index (χ1) is 16.3. The first-order valence-electron chi connectivity index (χ1n) is 9.29. The third-order valence-electron chi connectivity index (χ3n) is 6.03. The maximum Gasteiger partial charge on any atom is 0.617 e. The zero-order valence-electron chi connectivity index (χ0n) is 16.2. The molecule has 9 heterocycles. The van der Waals surface area contributed by atoms with Crippen LogP contribution in [0.2, 0.25) is 0 Å². The highest BCUT2D eigenvalue weighted by atomic mass is 31.2. The number of phosphoric ester groups is 3. The minimum Gasteiger partial charge on any atom is -0.382 e. The van der Waals surface area contributed by atoms with E-state index in [4.69, 9.17) is 51.5 Å². The largest absolute Gasteiger partial charge is 0.617 e. The van der Waals surface area contributed by atoms with E-state index in [1.807, 2.05) is 0 Å². The third-order valence-corrected chi connectivity index (χ3v) is 9.97. The first-order valence-corrected chi connectivity index (χ1v) is 13.7. The van der Waals surface area contributed by atoms with Crippen LogP contribution in [-0.2, 0) is 61.0 Å². The summed E-state index contributed by atoms with van der Waals surface area (Å²) < 4.78 is 91.2. The number of phosphoric acid groups is 3. The number of aliphatic hydroxyl groups is 1. The third kappa shape index (κ3) is 1.91. The smallest absolute Gasteiger partial charge is 0.382 e. The van der Waals surface area contributed by atoms with Crippen molar-refractivity contribution in [1.29, 1.82) is 0 Å². The molecule has 23 heteroatoms. The monoisotopic (exact) mass is 559 g/mol. The molecule has 20 nitrogen and oxygen atoms in total. The van der Waals surface area contributed by atoms with Crippen LogP contribution in [0.25, 0.3) is 0 Å². The fraction of sp³-hybridized carbons (Fsp3) is 0.500. The van der Waals surface area contributed by atoms with Gasteiger partial charge in [-0.3, -0.25) is 9.53 Å². The summed E-state index contributed by atoms with van der Waals surface area (Å²) in [5, 5.41) is 11.5. The molecule has 35 heavy (non-hydrogen) atoms. The van der Waals surface area contributed by atoms with Crippen LogP contribution < -0.4 is 26.0 Å². The van der Waals surface area contributed by atoms with Gasteiger partial charge in [-0.15, -0.1) is 4.67 Å². The fourth-order valence-corrected chi connectivity index (χ4v) is 9.15. The number of ether oxygens (including phenoxy) is 1. The van der Waals surface area contributed by atoms with Crippen LogP contribution in [0.5, 0.6) is 11.6 Å². The van der Waals surface area contributed by atoms with E-state index < -0.39 is 82.1 Å². The molecule has 0 saturated carbocycles. The minimum absolute atomic E-state index is 0.229. The summed E-state index contributed by atoms with van der Waals surface area (Å²) in [5.74, 6) is -14.2. The number of nitrogens with zero attached hydrogens (tertiary/aromatic N) is 2. The maximum absolute atomic E-state index is 13.7. The number of nitrogens with two attached hydrogens (primary N) is 1. The van der Waals surface area contributed by atoms with Crippen LogP contribution in [0.3, 0.4) is 0 Å². The summed E-state index contributed by atoms with van der Waals surface area (Å²) in [4.78, 5) is 31.6. The van der Waals surface area contributed by atoms with Gasteiger partial charge in [0.05, 0.1) is 0 Å². The first kappa shape index (κ1) is 21.4. The summed E-state index contributed by atoms with van der Waals surface area (Å²) in [6.07, 6.45) is -2.89. The van der Waals surface area contributed by atoms with Crippen LogP contribution in [0.4, 0.5) is 0 Å². The Morgan fingerprint density at radius 3 is 2.51 bits per heavy atom. The Bertz CT molecular complexity index is 1570. The Balaban J connectivity index is 1.56. The standard InChI is InChI=1S/C12H8N3O17P3/c1-2-3(13)14-5(16)4-6-15(8(14)17)12-11-10(18,28-35(21,29-11)30-11)9(26-12)7(25-34(20,27-9)31-12)22-32-33(19,23-4)24-6/h2-3,7,18H,1,13H2/t3?,7?,9-,10+,11?,12-,33?,34?,35?/m1/s1. The normalized spacial score (nSPS) is 53.9. The molecule has 7 bridgehead atoms. The van der Waals surface area contributed by atoms with Gasteiger partial charge in [0.25, 0.3) is 23.7 Å². The van der Waals surface area contributed by atoms with Crippen molar-refractivity contribution in [3.63, 3.8) is 0 Å². The highest BCUT2D eigenvalue weighted by Crippen LogP contribution is 2.91.